The van der Waals surface area contributed by atoms with E-state index in [1.807, 2.05) is 0 Å². The minimum absolute atomic E-state index is 0.266. The molecule has 72 valence electrons. The Labute approximate surface area is 74.1 Å². The average molecular weight is 173 g/mol. The molecule has 1 heterocycles. The molecule has 0 amide bonds. The van der Waals surface area contributed by atoms with Crippen molar-refractivity contribution >= 4 is 0 Å². The highest BCUT2D eigenvalue weighted by Gasteiger charge is 2.15. The number of hydrogen-bond acceptors (Lipinski definition) is 3. The van der Waals surface area contributed by atoms with Crippen LogP contribution >= 0.6 is 0 Å². The first-order chi connectivity index (χ1) is 5.83. The highest BCUT2D eigenvalue weighted by atomic mass is 16.5. The van der Waals surface area contributed by atoms with Crippen LogP contribution in [-0.2, 0) is 4.74 Å². The van der Waals surface area contributed by atoms with E-state index in [1.54, 1.807) is 0 Å². The topological polar surface area (TPSA) is 41.5 Å². The third kappa shape index (κ3) is 3.52. The van der Waals surface area contributed by atoms with Crippen LogP contribution < -0.4 is 5.32 Å². The van der Waals surface area contributed by atoms with E-state index in [0.717, 1.165) is 26.1 Å². The molecular weight excluding hydrogens is 154 g/mol. The third-order valence-electron chi connectivity index (χ3n) is 2.24. The fraction of sp³-hybridized carbons (Fsp3) is 1.00. The molecule has 2 unspecified atom stereocenters. The second kappa shape index (κ2) is 5.51. The minimum Gasteiger partial charge on any atom is -0.396 e. The molecule has 0 bridgehead atoms. The Hall–Kier alpha value is -0.120. The number of ether oxygens (including phenoxy) is 1. The van der Waals surface area contributed by atoms with Crippen molar-refractivity contribution in [2.24, 2.45) is 0 Å². The lowest BCUT2D eigenvalue weighted by Gasteiger charge is -2.26. The van der Waals surface area contributed by atoms with Crippen molar-refractivity contribution in [2.75, 3.05) is 19.8 Å². The Kier molecular flexibility index (Phi) is 4.58. The molecular formula is C9H19NO2. The van der Waals surface area contributed by atoms with Gasteiger partial charge >= 0.3 is 0 Å². The molecule has 0 saturated carbocycles. The Morgan fingerprint density at radius 3 is 3.08 bits per heavy atom. The van der Waals surface area contributed by atoms with Crippen LogP contribution in [0, 0.1) is 0 Å². The van der Waals surface area contributed by atoms with Gasteiger partial charge in [-0.05, 0) is 26.2 Å². The van der Waals surface area contributed by atoms with Gasteiger partial charge in [0.05, 0.1) is 6.61 Å². The van der Waals surface area contributed by atoms with Crippen molar-refractivity contribution in [3.8, 4) is 0 Å². The molecule has 2 atom stereocenters. The molecule has 0 spiro atoms. The third-order valence-corrected chi connectivity index (χ3v) is 2.24. The number of nitrogens with one attached hydrogen (secondary N) is 1. The predicted molar refractivity (Wildman–Crippen MR) is 48.1 cm³/mol. The lowest BCUT2D eigenvalue weighted by atomic mass is 10.1. The fourth-order valence-corrected chi connectivity index (χ4v) is 1.55. The largest absolute Gasteiger partial charge is 0.396 e. The van der Waals surface area contributed by atoms with Crippen LogP contribution in [0.15, 0.2) is 0 Å². The average Bonchev–Trinajstić information content (AvgIpc) is 2.06. The molecule has 1 aliphatic rings. The van der Waals surface area contributed by atoms with Crippen molar-refractivity contribution in [3.63, 3.8) is 0 Å². The highest BCUT2D eigenvalue weighted by Crippen LogP contribution is 2.07. The van der Waals surface area contributed by atoms with Gasteiger partial charge in [0.2, 0.25) is 0 Å². The Morgan fingerprint density at radius 1 is 1.67 bits per heavy atom. The number of rotatable bonds is 4. The van der Waals surface area contributed by atoms with E-state index in [9.17, 15) is 0 Å². The second-order valence-electron chi connectivity index (χ2n) is 3.49. The van der Waals surface area contributed by atoms with E-state index in [1.165, 1.54) is 6.42 Å². The van der Waals surface area contributed by atoms with Gasteiger partial charge in [0, 0.05) is 25.3 Å². The van der Waals surface area contributed by atoms with Gasteiger partial charge in [-0.2, -0.15) is 0 Å². The summed E-state index contributed by atoms with van der Waals surface area (Å²) in [5, 5.41) is 12.1. The number of aliphatic hydroxyl groups is 1. The Balaban J connectivity index is 2.11. The summed E-state index contributed by atoms with van der Waals surface area (Å²) in [4.78, 5) is 0. The summed E-state index contributed by atoms with van der Waals surface area (Å²) in [7, 11) is 0. The van der Waals surface area contributed by atoms with Gasteiger partial charge in [-0.15, -0.1) is 0 Å². The first-order valence-corrected chi connectivity index (χ1v) is 4.77. The number of aliphatic hydroxyl groups excluding tert-OH is 1. The smallest absolute Gasteiger partial charge is 0.0619 e. The number of hydrogen-bond donors (Lipinski definition) is 2. The maximum atomic E-state index is 8.69. The van der Waals surface area contributed by atoms with E-state index in [0.29, 0.717) is 12.1 Å². The van der Waals surface area contributed by atoms with Crippen LogP contribution in [0.5, 0.6) is 0 Å². The quantitative estimate of drug-likeness (QED) is 0.651. The van der Waals surface area contributed by atoms with Crippen molar-refractivity contribution in [1.82, 2.24) is 5.32 Å². The van der Waals surface area contributed by atoms with Crippen LogP contribution in [0.4, 0.5) is 0 Å². The molecule has 12 heavy (non-hydrogen) atoms. The summed E-state index contributed by atoms with van der Waals surface area (Å²) in [6, 6.07) is 0.905. The van der Waals surface area contributed by atoms with Crippen LogP contribution in [0.2, 0.25) is 0 Å². The summed E-state index contributed by atoms with van der Waals surface area (Å²) in [6.07, 6.45) is 3.19. The first kappa shape index (κ1) is 9.96. The lowest BCUT2D eigenvalue weighted by molar-refractivity contribution is 0.0658. The van der Waals surface area contributed by atoms with Gasteiger partial charge in [-0.1, -0.05) is 0 Å². The van der Waals surface area contributed by atoms with E-state index in [-0.39, 0.29) is 6.61 Å². The van der Waals surface area contributed by atoms with Crippen molar-refractivity contribution in [2.45, 2.75) is 38.3 Å². The van der Waals surface area contributed by atoms with Crippen molar-refractivity contribution in [1.29, 1.82) is 0 Å². The molecule has 0 aromatic heterocycles. The SMILES string of the molecule is CC(CCO)NC1CCCOC1. The molecule has 1 rings (SSSR count). The molecule has 3 nitrogen and oxygen atoms in total. The zero-order valence-electron chi connectivity index (χ0n) is 7.75. The molecule has 1 aliphatic heterocycles. The summed E-state index contributed by atoms with van der Waals surface area (Å²) in [5.74, 6) is 0. The maximum absolute atomic E-state index is 8.69. The summed E-state index contributed by atoms with van der Waals surface area (Å²) in [6.45, 7) is 4.11. The molecule has 2 N–H and O–H groups in total. The molecule has 3 heteroatoms. The van der Waals surface area contributed by atoms with E-state index in [2.05, 4.69) is 12.2 Å². The standard InChI is InChI=1S/C9H19NO2/c1-8(4-5-11)10-9-3-2-6-12-7-9/h8-11H,2-7H2,1H3. The monoisotopic (exact) mass is 173 g/mol. The normalized spacial score (nSPS) is 27.0. The first-order valence-electron chi connectivity index (χ1n) is 4.77. The van der Waals surface area contributed by atoms with E-state index < -0.39 is 0 Å². The van der Waals surface area contributed by atoms with Gasteiger partial charge < -0.3 is 15.2 Å². The van der Waals surface area contributed by atoms with Gasteiger partial charge in [0.15, 0.2) is 0 Å². The highest BCUT2D eigenvalue weighted by molar-refractivity contribution is 4.73. The van der Waals surface area contributed by atoms with Gasteiger partial charge in [-0.25, -0.2) is 0 Å². The molecule has 1 saturated heterocycles. The molecule has 0 aromatic carbocycles. The van der Waals surface area contributed by atoms with Crippen molar-refractivity contribution < 1.29 is 9.84 Å². The summed E-state index contributed by atoms with van der Waals surface area (Å²) >= 11 is 0. The van der Waals surface area contributed by atoms with E-state index in [4.69, 9.17) is 9.84 Å². The van der Waals surface area contributed by atoms with E-state index >= 15 is 0 Å². The Bertz CT molecular complexity index is 113. The molecule has 1 fully saturated rings. The summed E-state index contributed by atoms with van der Waals surface area (Å²) in [5.41, 5.74) is 0. The lowest BCUT2D eigenvalue weighted by Crippen LogP contribution is -2.42. The van der Waals surface area contributed by atoms with Crippen LogP contribution in [0.25, 0.3) is 0 Å². The second-order valence-corrected chi connectivity index (χ2v) is 3.49. The van der Waals surface area contributed by atoms with Crippen LogP contribution in [-0.4, -0.2) is 37.0 Å². The summed E-state index contributed by atoms with van der Waals surface area (Å²) < 4.78 is 5.34. The van der Waals surface area contributed by atoms with Crippen molar-refractivity contribution in [3.05, 3.63) is 0 Å². The van der Waals surface area contributed by atoms with Gasteiger partial charge in [0.25, 0.3) is 0 Å². The minimum atomic E-state index is 0.266. The molecule has 0 aromatic rings. The zero-order chi connectivity index (χ0) is 8.81. The molecule has 0 aliphatic carbocycles. The zero-order valence-corrected chi connectivity index (χ0v) is 7.75. The molecule has 0 radical (unpaired) electrons. The Morgan fingerprint density at radius 2 is 2.50 bits per heavy atom. The van der Waals surface area contributed by atoms with Gasteiger partial charge in [-0.3, -0.25) is 0 Å². The predicted octanol–water partition coefficient (Wildman–Crippen LogP) is 0.526. The fourth-order valence-electron chi connectivity index (χ4n) is 1.55. The maximum Gasteiger partial charge on any atom is 0.0619 e. The van der Waals surface area contributed by atoms with Gasteiger partial charge in [0.1, 0.15) is 0 Å². The van der Waals surface area contributed by atoms with Crippen LogP contribution in [0.3, 0.4) is 0 Å². The van der Waals surface area contributed by atoms with Crippen LogP contribution in [0.1, 0.15) is 26.2 Å².